The van der Waals surface area contributed by atoms with Gasteiger partial charge in [-0.2, -0.15) is 4.98 Å². The molecule has 0 aliphatic carbocycles. The highest BCUT2D eigenvalue weighted by molar-refractivity contribution is 7.89. The molecule has 0 spiro atoms. The molecular weight excluding hydrogens is 476 g/mol. The van der Waals surface area contributed by atoms with Gasteiger partial charge in [-0.25, -0.2) is 23.1 Å². The first-order chi connectivity index (χ1) is 16.5. The molecule has 0 saturated carbocycles. The Balaban J connectivity index is 1.33. The molecule has 0 atom stereocenters. The fourth-order valence-corrected chi connectivity index (χ4v) is 4.62. The summed E-state index contributed by atoms with van der Waals surface area (Å²) in [4.78, 5) is 13.6. The van der Waals surface area contributed by atoms with E-state index in [1.165, 1.54) is 24.3 Å². The van der Waals surface area contributed by atoms with Gasteiger partial charge in [0, 0.05) is 36.1 Å². The van der Waals surface area contributed by atoms with E-state index >= 15 is 0 Å². The Morgan fingerprint density at radius 2 is 1.76 bits per heavy atom. The Labute approximate surface area is 200 Å². The molecule has 172 valence electrons. The van der Waals surface area contributed by atoms with Gasteiger partial charge < -0.3 is 9.73 Å². The van der Waals surface area contributed by atoms with Crippen LogP contribution in [0.15, 0.2) is 88.6 Å². The van der Waals surface area contributed by atoms with Gasteiger partial charge in [0.05, 0.1) is 10.6 Å². The van der Waals surface area contributed by atoms with Crippen molar-refractivity contribution in [2.24, 2.45) is 0 Å². The van der Waals surface area contributed by atoms with Crippen molar-refractivity contribution in [3.63, 3.8) is 0 Å². The second-order valence-electron chi connectivity index (χ2n) is 7.27. The molecule has 5 aromatic rings. The molecule has 0 radical (unpaired) electrons. The van der Waals surface area contributed by atoms with E-state index in [0.717, 1.165) is 17.0 Å². The molecule has 3 heterocycles. The van der Waals surface area contributed by atoms with E-state index < -0.39 is 10.0 Å². The summed E-state index contributed by atoms with van der Waals surface area (Å²) in [7, 11) is -3.64. The number of hydrogen-bond acceptors (Lipinski definition) is 7. The number of aromatic nitrogens is 4. The van der Waals surface area contributed by atoms with Crippen LogP contribution < -0.4 is 10.0 Å². The van der Waals surface area contributed by atoms with Gasteiger partial charge in [0.1, 0.15) is 17.7 Å². The lowest BCUT2D eigenvalue weighted by molar-refractivity contribution is 0.583. The fraction of sp³-hybridized carbons (Fsp3) is 0.0870. The van der Waals surface area contributed by atoms with Crippen LogP contribution in [0, 0.1) is 0 Å². The van der Waals surface area contributed by atoms with Crippen molar-refractivity contribution in [1.82, 2.24) is 24.1 Å². The van der Waals surface area contributed by atoms with E-state index in [1.54, 1.807) is 24.7 Å². The molecule has 34 heavy (non-hydrogen) atoms. The number of imidazole rings is 1. The molecule has 9 nitrogen and oxygen atoms in total. The fourth-order valence-electron chi connectivity index (χ4n) is 3.46. The van der Waals surface area contributed by atoms with Crippen LogP contribution in [-0.2, 0) is 10.0 Å². The summed E-state index contributed by atoms with van der Waals surface area (Å²) < 4.78 is 34.7. The van der Waals surface area contributed by atoms with Crippen molar-refractivity contribution >= 4 is 33.4 Å². The topological polar surface area (TPSA) is 114 Å². The first kappa shape index (κ1) is 22.1. The molecule has 3 aromatic heterocycles. The zero-order valence-corrected chi connectivity index (χ0v) is 19.3. The molecule has 0 fully saturated rings. The van der Waals surface area contributed by atoms with Crippen LogP contribution in [0.2, 0.25) is 5.02 Å². The van der Waals surface area contributed by atoms with Crippen LogP contribution >= 0.6 is 11.6 Å². The minimum Gasteiger partial charge on any atom is -0.432 e. The molecule has 0 aliphatic heterocycles. The molecule has 11 heteroatoms. The number of anilines is 1. The van der Waals surface area contributed by atoms with E-state index in [1.807, 2.05) is 34.7 Å². The number of nitrogens with zero attached hydrogens (tertiary/aromatic N) is 4. The minimum atomic E-state index is -3.64. The summed E-state index contributed by atoms with van der Waals surface area (Å²) >= 11 is 5.83. The van der Waals surface area contributed by atoms with Gasteiger partial charge in [0.25, 0.3) is 0 Å². The van der Waals surface area contributed by atoms with Crippen molar-refractivity contribution in [3.8, 4) is 22.6 Å². The van der Waals surface area contributed by atoms with E-state index in [4.69, 9.17) is 16.0 Å². The number of benzene rings is 2. The Bertz CT molecular complexity index is 1530. The molecule has 2 aromatic carbocycles. The van der Waals surface area contributed by atoms with E-state index in [9.17, 15) is 8.42 Å². The summed E-state index contributed by atoms with van der Waals surface area (Å²) in [5.41, 5.74) is 3.08. The van der Waals surface area contributed by atoms with Gasteiger partial charge in [-0.15, -0.1) is 0 Å². The maximum absolute atomic E-state index is 12.4. The lowest BCUT2D eigenvalue weighted by Gasteiger charge is -2.09. The number of fused-ring (bicyclic) bond motifs is 1. The number of nitrogens with one attached hydrogen (secondary N) is 2. The van der Waals surface area contributed by atoms with Crippen LogP contribution in [0.3, 0.4) is 0 Å². The Kier molecular flexibility index (Phi) is 6.01. The van der Waals surface area contributed by atoms with Crippen molar-refractivity contribution < 1.29 is 12.8 Å². The number of oxazole rings is 1. The number of sulfonamides is 1. The largest absolute Gasteiger partial charge is 0.432 e. The average molecular weight is 495 g/mol. The quantitative estimate of drug-likeness (QED) is 0.312. The molecule has 2 N–H and O–H groups in total. The van der Waals surface area contributed by atoms with E-state index in [0.29, 0.717) is 22.5 Å². The third-order valence-electron chi connectivity index (χ3n) is 5.03. The van der Waals surface area contributed by atoms with Crippen molar-refractivity contribution in [3.05, 3.63) is 84.3 Å². The molecular formula is C23H19ClN6O3S. The Morgan fingerprint density at radius 3 is 2.56 bits per heavy atom. The van der Waals surface area contributed by atoms with Crippen molar-refractivity contribution in [2.45, 2.75) is 4.90 Å². The number of halogens is 1. The van der Waals surface area contributed by atoms with Gasteiger partial charge in [-0.3, -0.25) is 4.40 Å². The standard InChI is InChI=1S/C23H19ClN6O3S/c24-17-6-8-18(9-7-17)34(31,32)27-13-12-26-22-25-11-10-19(28-22)21-20(16-4-2-1-3-5-16)29-23-30(21)14-15-33-23/h1-11,14-15,27H,12-13H2,(H,25,26,28). The number of hydrogen-bond donors (Lipinski definition) is 2. The van der Waals surface area contributed by atoms with Crippen molar-refractivity contribution in [2.75, 3.05) is 18.4 Å². The van der Waals surface area contributed by atoms with Gasteiger partial charge in [-0.05, 0) is 30.3 Å². The monoisotopic (exact) mass is 494 g/mol. The van der Waals surface area contributed by atoms with Crippen molar-refractivity contribution in [1.29, 1.82) is 0 Å². The first-order valence-electron chi connectivity index (χ1n) is 10.3. The van der Waals surface area contributed by atoms with Crippen LogP contribution in [0.4, 0.5) is 5.95 Å². The molecule has 0 amide bonds. The maximum atomic E-state index is 12.4. The highest BCUT2D eigenvalue weighted by atomic mass is 35.5. The SMILES string of the molecule is O=S(=O)(NCCNc1nccc(-c2c(-c3ccccc3)nc3occn23)n1)c1ccc(Cl)cc1. The summed E-state index contributed by atoms with van der Waals surface area (Å²) in [6.45, 7) is 0.432. The van der Waals surface area contributed by atoms with Crippen LogP contribution in [-0.4, -0.2) is 40.9 Å². The lowest BCUT2D eigenvalue weighted by Crippen LogP contribution is -2.29. The Morgan fingerprint density at radius 1 is 0.971 bits per heavy atom. The zero-order chi connectivity index (χ0) is 23.5. The molecule has 0 unspecified atom stereocenters. The third-order valence-corrected chi connectivity index (χ3v) is 6.76. The van der Waals surface area contributed by atoms with Gasteiger partial charge in [-0.1, -0.05) is 41.9 Å². The summed E-state index contributed by atoms with van der Waals surface area (Å²) in [5, 5.41) is 3.53. The second kappa shape index (κ2) is 9.26. The molecule has 0 bridgehead atoms. The van der Waals surface area contributed by atoms with E-state index in [-0.39, 0.29) is 18.0 Å². The lowest BCUT2D eigenvalue weighted by atomic mass is 10.1. The van der Waals surface area contributed by atoms with Gasteiger partial charge in [0.15, 0.2) is 0 Å². The average Bonchev–Trinajstić information content (AvgIpc) is 3.44. The zero-order valence-electron chi connectivity index (χ0n) is 17.7. The third kappa shape index (κ3) is 4.51. The second-order valence-corrected chi connectivity index (χ2v) is 9.48. The maximum Gasteiger partial charge on any atom is 0.306 e. The van der Waals surface area contributed by atoms with E-state index in [2.05, 4.69) is 25.0 Å². The molecule has 0 saturated heterocycles. The normalized spacial score (nSPS) is 11.7. The van der Waals surface area contributed by atoms with Crippen LogP contribution in [0.5, 0.6) is 0 Å². The highest BCUT2D eigenvalue weighted by Gasteiger charge is 2.19. The van der Waals surface area contributed by atoms with Gasteiger partial charge >= 0.3 is 5.84 Å². The predicted octanol–water partition coefficient (Wildman–Crippen LogP) is 4.10. The molecule has 0 aliphatic rings. The first-order valence-corrected chi connectivity index (χ1v) is 12.2. The van der Waals surface area contributed by atoms with Gasteiger partial charge in [0.2, 0.25) is 16.0 Å². The predicted molar refractivity (Wildman–Crippen MR) is 129 cm³/mol. The summed E-state index contributed by atoms with van der Waals surface area (Å²) in [6.07, 6.45) is 4.98. The number of rotatable bonds is 8. The summed E-state index contributed by atoms with van der Waals surface area (Å²) in [5.74, 6) is 0.819. The Hall–Kier alpha value is -3.73. The smallest absolute Gasteiger partial charge is 0.306 e. The highest BCUT2D eigenvalue weighted by Crippen LogP contribution is 2.32. The minimum absolute atomic E-state index is 0.145. The van der Waals surface area contributed by atoms with Crippen LogP contribution in [0.25, 0.3) is 28.5 Å². The molecule has 5 rings (SSSR count). The summed E-state index contributed by atoms with van der Waals surface area (Å²) in [6, 6.07) is 17.5. The van der Waals surface area contributed by atoms with Crippen LogP contribution in [0.1, 0.15) is 0 Å².